The van der Waals surface area contributed by atoms with Crippen LogP contribution in [0.5, 0.6) is 0 Å². The number of carboxylic acids is 2. The lowest BCUT2D eigenvalue weighted by molar-refractivity contribution is -0.143. The first-order valence-corrected chi connectivity index (χ1v) is 9.87. The number of carbonyl (C=O) groups excluding carboxylic acids is 3. The third kappa shape index (κ3) is 10.2. The summed E-state index contributed by atoms with van der Waals surface area (Å²) in [4.78, 5) is 59.0. The second-order valence-electron chi connectivity index (χ2n) is 8.03. The van der Waals surface area contributed by atoms with E-state index in [4.69, 9.17) is 10.8 Å². The topological polar surface area (TPSA) is 188 Å². The first-order valence-electron chi connectivity index (χ1n) is 9.87. The molecule has 0 fully saturated rings. The maximum absolute atomic E-state index is 12.6. The fourth-order valence-electron chi connectivity index (χ4n) is 2.56. The zero-order valence-corrected chi connectivity index (χ0v) is 18.1. The van der Waals surface area contributed by atoms with Crippen molar-refractivity contribution in [1.82, 2.24) is 16.0 Å². The molecule has 0 heterocycles. The quantitative estimate of drug-likeness (QED) is 0.224. The molecule has 0 saturated heterocycles. The van der Waals surface area contributed by atoms with Crippen molar-refractivity contribution < 1.29 is 34.2 Å². The number of rotatable bonds is 13. The van der Waals surface area contributed by atoms with Crippen molar-refractivity contribution in [1.29, 1.82) is 0 Å². The number of nitrogens with one attached hydrogen (secondary N) is 3. The van der Waals surface area contributed by atoms with Gasteiger partial charge in [0.2, 0.25) is 17.7 Å². The molecule has 0 radical (unpaired) electrons. The summed E-state index contributed by atoms with van der Waals surface area (Å²) in [5.41, 5.74) is 5.68. The molecule has 4 atom stereocenters. The van der Waals surface area contributed by atoms with Gasteiger partial charge < -0.3 is 31.9 Å². The largest absolute Gasteiger partial charge is 0.481 e. The average Bonchev–Trinajstić information content (AvgIpc) is 2.61. The van der Waals surface area contributed by atoms with Crippen LogP contribution in [0.4, 0.5) is 0 Å². The predicted molar refractivity (Wildman–Crippen MR) is 108 cm³/mol. The van der Waals surface area contributed by atoms with Crippen LogP contribution in [0, 0.1) is 11.8 Å². The number of carboxylic acid groups (broad SMARTS) is 2. The van der Waals surface area contributed by atoms with Gasteiger partial charge in [-0.15, -0.1) is 0 Å². The molecular formula is C19H34N4O7. The number of nitrogens with two attached hydrogens (primary N) is 1. The van der Waals surface area contributed by atoms with Gasteiger partial charge in [-0.3, -0.25) is 19.2 Å². The van der Waals surface area contributed by atoms with Crippen molar-refractivity contribution in [3.63, 3.8) is 0 Å². The Labute approximate surface area is 176 Å². The minimum absolute atomic E-state index is 0.0257. The third-order valence-electron chi connectivity index (χ3n) is 4.33. The van der Waals surface area contributed by atoms with Crippen molar-refractivity contribution >= 4 is 29.7 Å². The zero-order chi connectivity index (χ0) is 23.6. The van der Waals surface area contributed by atoms with Gasteiger partial charge in [0.05, 0.1) is 6.04 Å². The first kappa shape index (κ1) is 27.3. The highest BCUT2D eigenvalue weighted by molar-refractivity contribution is 5.94. The van der Waals surface area contributed by atoms with Crippen molar-refractivity contribution in [2.75, 3.05) is 0 Å². The molecule has 0 aromatic carbocycles. The first-order chi connectivity index (χ1) is 13.8. The molecule has 11 nitrogen and oxygen atoms in total. The van der Waals surface area contributed by atoms with Gasteiger partial charge in [-0.25, -0.2) is 4.79 Å². The van der Waals surface area contributed by atoms with Gasteiger partial charge in [0.15, 0.2) is 0 Å². The van der Waals surface area contributed by atoms with Crippen molar-refractivity contribution in [2.24, 2.45) is 17.6 Å². The van der Waals surface area contributed by atoms with Crippen LogP contribution in [0.2, 0.25) is 0 Å². The average molecular weight is 431 g/mol. The van der Waals surface area contributed by atoms with Gasteiger partial charge in [-0.1, -0.05) is 27.7 Å². The Balaban J connectivity index is 5.05. The Morgan fingerprint density at radius 3 is 1.83 bits per heavy atom. The molecule has 30 heavy (non-hydrogen) atoms. The Hall–Kier alpha value is -2.69. The zero-order valence-electron chi connectivity index (χ0n) is 18.1. The Kier molecular flexibility index (Phi) is 11.6. The van der Waals surface area contributed by atoms with Gasteiger partial charge in [-0.05, 0) is 31.6 Å². The number of aliphatic carboxylic acids is 2. The summed E-state index contributed by atoms with van der Waals surface area (Å²) in [7, 11) is 0. The van der Waals surface area contributed by atoms with Gasteiger partial charge in [0.25, 0.3) is 0 Å². The summed E-state index contributed by atoms with van der Waals surface area (Å²) in [6.07, 6.45) is -0.101. The van der Waals surface area contributed by atoms with Gasteiger partial charge >= 0.3 is 11.9 Å². The van der Waals surface area contributed by atoms with Gasteiger partial charge in [-0.2, -0.15) is 0 Å². The molecular weight excluding hydrogens is 396 g/mol. The molecule has 0 bridgehead atoms. The molecule has 7 N–H and O–H groups in total. The summed E-state index contributed by atoms with van der Waals surface area (Å²) >= 11 is 0. The highest BCUT2D eigenvalue weighted by atomic mass is 16.4. The number of amides is 3. The summed E-state index contributed by atoms with van der Waals surface area (Å²) in [6.45, 7) is 8.37. The lowest BCUT2D eigenvalue weighted by Crippen LogP contribution is -2.57. The van der Waals surface area contributed by atoms with E-state index in [1.54, 1.807) is 13.8 Å². The molecule has 0 aliphatic heterocycles. The standard InChI is InChI=1S/C19H34N4O7/c1-9(2)8-13(22-17(27)12(20)6-7-14(24)25)18(28)21-11(5)16(26)23-15(10(3)4)19(29)30/h9-13,15H,6-8,20H2,1-5H3,(H,21,28)(H,22,27)(H,23,26)(H,24,25)(H,29,30). The fraction of sp³-hybridized carbons (Fsp3) is 0.737. The lowest BCUT2D eigenvalue weighted by Gasteiger charge is -2.25. The van der Waals surface area contributed by atoms with Crippen LogP contribution >= 0.6 is 0 Å². The second kappa shape index (κ2) is 12.8. The van der Waals surface area contributed by atoms with Gasteiger partial charge in [0, 0.05) is 6.42 Å². The summed E-state index contributed by atoms with van der Waals surface area (Å²) in [6, 6.07) is -4.21. The fourth-order valence-corrected chi connectivity index (χ4v) is 2.56. The van der Waals surface area contributed by atoms with Crippen LogP contribution < -0.4 is 21.7 Å². The summed E-state index contributed by atoms with van der Waals surface area (Å²) < 4.78 is 0. The summed E-state index contributed by atoms with van der Waals surface area (Å²) in [5.74, 6) is -4.56. The van der Waals surface area contributed by atoms with Crippen molar-refractivity contribution in [3.05, 3.63) is 0 Å². The SMILES string of the molecule is CC(C)CC(NC(=O)C(N)CCC(=O)O)C(=O)NC(C)C(=O)NC(C(=O)O)C(C)C. The molecule has 0 aromatic heterocycles. The molecule has 0 rings (SSSR count). The van der Waals surface area contributed by atoms with E-state index in [1.807, 2.05) is 13.8 Å². The van der Waals surface area contributed by atoms with E-state index in [1.165, 1.54) is 6.92 Å². The maximum Gasteiger partial charge on any atom is 0.326 e. The van der Waals surface area contributed by atoms with Gasteiger partial charge in [0.1, 0.15) is 18.1 Å². The second-order valence-corrected chi connectivity index (χ2v) is 8.03. The smallest absolute Gasteiger partial charge is 0.326 e. The van der Waals surface area contributed by atoms with Crippen LogP contribution in [0.3, 0.4) is 0 Å². The predicted octanol–water partition coefficient (Wildman–Crippen LogP) is -0.560. The highest BCUT2D eigenvalue weighted by Crippen LogP contribution is 2.07. The maximum atomic E-state index is 12.6. The van der Waals surface area contributed by atoms with E-state index in [-0.39, 0.29) is 31.1 Å². The molecule has 0 saturated carbocycles. The number of hydrogen-bond donors (Lipinski definition) is 6. The molecule has 172 valence electrons. The molecule has 0 aliphatic carbocycles. The van der Waals surface area contributed by atoms with Crippen LogP contribution in [0.25, 0.3) is 0 Å². The van der Waals surface area contributed by atoms with E-state index in [0.29, 0.717) is 0 Å². The number of carbonyl (C=O) groups is 5. The van der Waals surface area contributed by atoms with E-state index >= 15 is 0 Å². The molecule has 11 heteroatoms. The third-order valence-corrected chi connectivity index (χ3v) is 4.33. The van der Waals surface area contributed by atoms with E-state index in [9.17, 15) is 29.1 Å². The van der Waals surface area contributed by atoms with Crippen LogP contribution in [0.15, 0.2) is 0 Å². The van der Waals surface area contributed by atoms with E-state index in [2.05, 4.69) is 16.0 Å². The summed E-state index contributed by atoms with van der Waals surface area (Å²) in [5, 5.41) is 25.2. The van der Waals surface area contributed by atoms with Crippen LogP contribution in [-0.2, 0) is 24.0 Å². The Morgan fingerprint density at radius 2 is 1.40 bits per heavy atom. The Morgan fingerprint density at radius 1 is 0.833 bits per heavy atom. The van der Waals surface area contributed by atoms with E-state index in [0.717, 1.165) is 0 Å². The van der Waals surface area contributed by atoms with Crippen LogP contribution in [-0.4, -0.2) is 64.0 Å². The van der Waals surface area contributed by atoms with Crippen LogP contribution in [0.1, 0.15) is 53.9 Å². The lowest BCUT2D eigenvalue weighted by atomic mass is 10.0. The molecule has 0 aliphatic rings. The molecule has 0 aromatic rings. The molecule has 4 unspecified atom stereocenters. The van der Waals surface area contributed by atoms with E-state index < -0.39 is 53.8 Å². The molecule has 3 amide bonds. The normalized spacial score (nSPS) is 15.1. The molecule has 0 spiro atoms. The monoisotopic (exact) mass is 430 g/mol. The number of hydrogen-bond acceptors (Lipinski definition) is 6. The Bertz CT molecular complexity index is 636. The highest BCUT2D eigenvalue weighted by Gasteiger charge is 2.29. The van der Waals surface area contributed by atoms with Crippen molar-refractivity contribution in [3.8, 4) is 0 Å². The minimum atomic E-state index is -1.18. The van der Waals surface area contributed by atoms with Crippen molar-refractivity contribution in [2.45, 2.75) is 78.0 Å². The minimum Gasteiger partial charge on any atom is -0.481 e.